The number of pyridine rings is 6. The van der Waals surface area contributed by atoms with Crippen LogP contribution in [0, 0.1) is 5.82 Å². The number of benzene rings is 9. The molecule has 0 unspecified atom stereocenters. The van der Waals surface area contributed by atoms with Gasteiger partial charge in [0.25, 0.3) is 17.7 Å². The maximum Gasteiger partial charge on any atom is 0.337 e. The van der Waals surface area contributed by atoms with E-state index in [1.165, 1.54) is 71.7 Å². The van der Waals surface area contributed by atoms with E-state index in [1.54, 1.807) is 110 Å². The number of nitrogens with zero attached hydrogens (tertiary/aromatic N) is 6. The number of amides is 3. The lowest BCUT2D eigenvalue weighted by Crippen LogP contribution is -2.12. The normalized spacial score (nSPS) is 10.7. The Morgan fingerprint density at radius 1 is 0.336 bits per heavy atom. The highest BCUT2D eigenvalue weighted by Crippen LogP contribution is 2.30. The number of methoxy groups -OCH3 is 1. The highest BCUT2D eigenvalue weighted by atomic mass is 19.1. The van der Waals surface area contributed by atoms with E-state index in [0.29, 0.717) is 90.0 Å². The molecule has 15 rings (SSSR count). The fraction of sp³-hybridized carbons (Fsp3) is 0.0460. The predicted octanol–water partition coefficient (Wildman–Crippen LogP) is 18.3. The molecule has 6 heterocycles. The van der Waals surface area contributed by atoms with E-state index < -0.39 is 11.9 Å². The molecule has 9 aromatic carbocycles. The Hall–Kier alpha value is -14.7. The Labute approximate surface area is 614 Å². The van der Waals surface area contributed by atoms with Crippen LogP contribution in [0.2, 0.25) is 0 Å². The van der Waals surface area contributed by atoms with Gasteiger partial charge in [0.05, 0.1) is 68.5 Å². The molecule has 0 bridgehead atoms. The van der Waals surface area contributed by atoms with Crippen LogP contribution in [-0.4, -0.2) is 71.8 Å². The van der Waals surface area contributed by atoms with Crippen molar-refractivity contribution in [2.75, 3.05) is 39.0 Å². The number of carbonyl (C=O) groups excluding carboxylic acids is 4. The molecule has 20 heteroatoms. The highest BCUT2D eigenvalue weighted by molar-refractivity contribution is 6.06. The second-order valence-corrected chi connectivity index (χ2v) is 24.6. The second-order valence-electron chi connectivity index (χ2n) is 24.6. The number of aromatic nitrogens is 6. The molecule has 524 valence electrons. The van der Waals surface area contributed by atoms with Gasteiger partial charge in [-0.15, -0.1) is 0 Å². The molecule has 0 aliphatic carbocycles. The Morgan fingerprint density at radius 3 is 0.972 bits per heavy atom. The third kappa shape index (κ3) is 18.9. The summed E-state index contributed by atoms with van der Waals surface area (Å²) in [6.45, 7) is 0. The first-order valence-corrected chi connectivity index (χ1v) is 33.9. The van der Waals surface area contributed by atoms with Crippen molar-refractivity contribution in [2.45, 2.75) is 19.3 Å². The molecule has 0 saturated heterocycles. The fourth-order valence-corrected chi connectivity index (χ4v) is 11.6. The fourth-order valence-electron chi connectivity index (χ4n) is 11.6. The molecule has 19 nitrogen and oxygen atoms in total. The zero-order valence-corrected chi connectivity index (χ0v) is 57.5. The lowest BCUT2D eigenvalue weighted by molar-refractivity contribution is 0.0599. The number of aromatic carboxylic acids is 1. The van der Waals surface area contributed by atoms with Crippen molar-refractivity contribution in [1.29, 1.82) is 0 Å². The van der Waals surface area contributed by atoms with Crippen LogP contribution in [0.15, 0.2) is 310 Å². The number of fused-ring (bicyclic) bond motifs is 3. The minimum absolute atomic E-state index is 0.173. The largest absolute Gasteiger partial charge is 0.478 e. The monoisotopic (exact) mass is 1410 g/mol. The lowest BCUT2D eigenvalue weighted by Gasteiger charge is -2.11. The first kappa shape index (κ1) is 70.8. The van der Waals surface area contributed by atoms with Crippen LogP contribution in [0.4, 0.5) is 56.0 Å². The molecular weight excluding hydrogens is 1340 g/mol. The molecule has 0 saturated carbocycles. The molecule has 0 radical (unpaired) electrons. The van der Waals surface area contributed by atoms with E-state index in [2.05, 4.69) is 98.2 Å². The molecule has 0 fully saturated rings. The van der Waals surface area contributed by atoms with Crippen molar-refractivity contribution >= 4 is 114 Å². The number of ether oxygens (including phenoxy) is 1. The van der Waals surface area contributed by atoms with Crippen molar-refractivity contribution in [3.8, 4) is 0 Å². The Kier molecular flexibility index (Phi) is 22.4. The van der Waals surface area contributed by atoms with Crippen molar-refractivity contribution in [2.24, 2.45) is 0 Å². The van der Waals surface area contributed by atoms with E-state index in [1.807, 2.05) is 127 Å². The molecule has 7 N–H and O–H groups in total. The zero-order valence-electron chi connectivity index (χ0n) is 57.5. The number of carbonyl (C=O) groups is 5. The van der Waals surface area contributed by atoms with Crippen molar-refractivity contribution in [3.05, 3.63) is 377 Å². The van der Waals surface area contributed by atoms with Crippen LogP contribution in [-0.2, 0) is 24.0 Å². The van der Waals surface area contributed by atoms with Crippen LogP contribution >= 0.6 is 0 Å². The molecule has 0 aliphatic heterocycles. The van der Waals surface area contributed by atoms with Crippen LogP contribution < -0.4 is 31.9 Å². The molecule has 0 aliphatic rings. The molecule has 107 heavy (non-hydrogen) atoms. The number of hydrogen-bond donors (Lipinski definition) is 7. The molecule has 0 atom stereocenters. The first-order chi connectivity index (χ1) is 52.3. The van der Waals surface area contributed by atoms with Crippen molar-refractivity contribution in [3.63, 3.8) is 0 Å². The van der Waals surface area contributed by atoms with Crippen LogP contribution in [0.1, 0.15) is 85.2 Å². The van der Waals surface area contributed by atoms with Gasteiger partial charge in [-0.1, -0.05) is 127 Å². The van der Waals surface area contributed by atoms with E-state index in [0.717, 1.165) is 41.4 Å². The van der Waals surface area contributed by atoms with Gasteiger partial charge in [-0.05, 0) is 198 Å². The first-order valence-electron chi connectivity index (χ1n) is 33.9. The minimum atomic E-state index is -1.01. The van der Waals surface area contributed by atoms with Gasteiger partial charge in [-0.3, -0.25) is 29.3 Å². The van der Waals surface area contributed by atoms with Gasteiger partial charge in [-0.2, -0.15) is 0 Å². The standard InChI is InChI=1S/C30H24N4O3.C29H22N4O3.C28H21FN4O/c1-37-30(36)22-9-13-26-25(18-22)27(15-16-31-26)34-28-14-10-23(19-32-28)29(35)33-24-11-7-21(8-12-24)17-20-5-3-2-4-6-20;34-28(32-23-10-6-20(7-11-23)16-19-4-2-1-3-5-19)22-9-13-27(31-18-22)33-26-14-15-30-25-12-8-21(29(35)36)17-24(25)26;29-22-9-12-25-24(17-22)26(14-15-30-25)33-27-13-8-21(18-31-27)28(34)32-23-10-6-20(7-11-23)16-19-4-2-1-3-5-19/h2-16,18-19H,17H2,1H3,(H,33,35)(H,31,32,34);1-15,17-18H,16H2,(H,32,34)(H,35,36)(H,30,31,33);1-15,17-18H,16H2,(H,32,34)(H,30,31,33). The second kappa shape index (κ2) is 33.9. The van der Waals surface area contributed by atoms with E-state index in [9.17, 15) is 33.5 Å². The number of anilines is 9. The SMILES string of the molecule is COC(=O)c1ccc2nccc(Nc3ccc(C(=O)Nc4ccc(Cc5ccccc5)cc4)cn3)c2c1.O=C(Nc1ccc(Cc2ccccc2)cc1)c1ccc(Nc2ccnc3ccc(F)cc23)nc1.O=C(O)c1ccc2nccc(Nc3ccc(C(=O)Nc4ccc(Cc5ccccc5)cc4)cn3)c2c1. The van der Waals surface area contributed by atoms with Crippen LogP contribution in [0.3, 0.4) is 0 Å². The summed E-state index contributed by atoms with van der Waals surface area (Å²) in [5.74, 6) is -0.899. The van der Waals surface area contributed by atoms with Gasteiger partial charge in [-0.25, -0.2) is 28.9 Å². The molecule has 15 aromatic rings. The molecule has 0 spiro atoms. The zero-order chi connectivity index (χ0) is 73.9. The number of esters is 1. The van der Waals surface area contributed by atoms with Gasteiger partial charge in [0.2, 0.25) is 0 Å². The van der Waals surface area contributed by atoms with Crippen LogP contribution in [0.25, 0.3) is 32.7 Å². The summed E-state index contributed by atoms with van der Waals surface area (Å²) in [6.07, 6.45) is 12.0. The summed E-state index contributed by atoms with van der Waals surface area (Å²) in [7, 11) is 1.34. The van der Waals surface area contributed by atoms with E-state index >= 15 is 0 Å². The maximum atomic E-state index is 13.7. The van der Waals surface area contributed by atoms with Crippen LogP contribution in [0.5, 0.6) is 0 Å². The smallest absolute Gasteiger partial charge is 0.337 e. The van der Waals surface area contributed by atoms with E-state index in [-0.39, 0.29) is 29.1 Å². The topological polar surface area (TPSA) is 264 Å². The lowest BCUT2D eigenvalue weighted by atomic mass is 10.0. The van der Waals surface area contributed by atoms with Gasteiger partial charge in [0.15, 0.2) is 0 Å². The van der Waals surface area contributed by atoms with Gasteiger partial charge in [0.1, 0.15) is 23.3 Å². The minimum Gasteiger partial charge on any atom is -0.478 e. The highest BCUT2D eigenvalue weighted by Gasteiger charge is 2.16. The molecule has 6 aromatic heterocycles. The summed E-state index contributed by atoms with van der Waals surface area (Å²) in [4.78, 5) is 87.3. The number of hydrogen-bond acceptors (Lipinski definition) is 15. The van der Waals surface area contributed by atoms with Gasteiger partial charge >= 0.3 is 11.9 Å². The quantitative estimate of drug-likeness (QED) is 0.0350. The summed E-state index contributed by atoms with van der Waals surface area (Å²) < 4.78 is 18.5. The summed E-state index contributed by atoms with van der Waals surface area (Å²) in [6, 6.07) is 84.0. The number of nitrogens with one attached hydrogen (secondary N) is 6. The maximum absolute atomic E-state index is 13.7. The molecule has 3 amide bonds. The number of carboxylic acid groups (broad SMARTS) is 1. The summed E-state index contributed by atoms with van der Waals surface area (Å²) in [5.41, 5.74) is 15.4. The predicted molar refractivity (Wildman–Crippen MR) is 417 cm³/mol. The van der Waals surface area contributed by atoms with Gasteiger partial charge < -0.3 is 41.7 Å². The average molecular weight is 1410 g/mol. The molecular formula is C87H67FN12O7. The third-order valence-electron chi connectivity index (χ3n) is 17.1. The summed E-state index contributed by atoms with van der Waals surface area (Å²) in [5, 5.41) is 29.7. The number of carboxylic acids is 1. The van der Waals surface area contributed by atoms with Gasteiger partial charge in [0, 0.05) is 70.4 Å². The Morgan fingerprint density at radius 2 is 0.645 bits per heavy atom. The Balaban J connectivity index is 0.000000142. The number of halogens is 1. The third-order valence-corrected chi connectivity index (χ3v) is 17.1. The number of rotatable bonds is 20. The van der Waals surface area contributed by atoms with Crippen molar-refractivity contribution in [1.82, 2.24) is 29.9 Å². The average Bonchev–Trinajstić information content (AvgIpc) is 0.811. The summed E-state index contributed by atoms with van der Waals surface area (Å²) >= 11 is 0. The van der Waals surface area contributed by atoms with Crippen molar-refractivity contribution < 1.29 is 38.2 Å². The van der Waals surface area contributed by atoms with E-state index in [4.69, 9.17) is 4.74 Å². The Bertz CT molecular complexity index is 5640.